The third kappa shape index (κ3) is 4.66. The molecule has 1 aliphatic heterocycles. The summed E-state index contributed by atoms with van der Waals surface area (Å²) in [7, 11) is 3.82. The van der Waals surface area contributed by atoms with E-state index >= 15 is 0 Å². The normalized spacial score (nSPS) is 20.2. The summed E-state index contributed by atoms with van der Waals surface area (Å²) in [6, 6.07) is 14.1. The van der Waals surface area contributed by atoms with Crippen molar-refractivity contribution in [2.75, 3.05) is 50.6 Å². The van der Waals surface area contributed by atoms with E-state index in [0.29, 0.717) is 12.1 Å². The van der Waals surface area contributed by atoms with Crippen molar-refractivity contribution in [3.8, 4) is 5.75 Å². The van der Waals surface area contributed by atoms with Crippen molar-refractivity contribution < 1.29 is 9.53 Å². The first-order valence-corrected chi connectivity index (χ1v) is 13.0. The van der Waals surface area contributed by atoms with Crippen molar-refractivity contribution in [1.82, 2.24) is 14.5 Å². The van der Waals surface area contributed by atoms with Crippen LogP contribution in [0.5, 0.6) is 5.75 Å². The Morgan fingerprint density at radius 2 is 1.94 bits per heavy atom. The van der Waals surface area contributed by atoms with Crippen LogP contribution in [0.25, 0.3) is 5.57 Å². The van der Waals surface area contributed by atoms with Gasteiger partial charge in [0.2, 0.25) is 5.91 Å². The number of carbonyl (C=O) groups excluding carboxylic acids is 1. The smallest absolute Gasteiger partial charge is 0.240 e. The van der Waals surface area contributed by atoms with E-state index in [9.17, 15) is 4.79 Å². The van der Waals surface area contributed by atoms with Crippen molar-refractivity contribution in [3.05, 3.63) is 82.9 Å². The van der Waals surface area contributed by atoms with E-state index in [1.165, 1.54) is 22.7 Å². The van der Waals surface area contributed by atoms with Crippen molar-refractivity contribution in [3.63, 3.8) is 0 Å². The number of ether oxygens (including phenoxy) is 1. The number of aryl methyl sites for hydroxylation is 1. The van der Waals surface area contributed by atoms with E-state index in [0.717, 1.165) is 48.9 Å². The average Bonchev–Trinajstić information content (AvgIpc) is 3.45. The molecule has 1 fully saturated rings. The summed E-state index contributed by atoms with van der Waals surface area (Å²) in [6.07, 6.45) is 6.65. The molecule has 186 valence electrons. The van der Waals surface area contributed by atoms with Crippen LogP contribution < -0.4 is 15.0 Å². The molecular weight excluding hydrogens is 470 g/mol. The molecule has 0 spiro atoms. The molecule has 3 aromatic rings. The van der Waals surface area contributed by atoms with Crippen LogP contribution in [0.2, 0.25) is 0 Å². The standard InChI is InChI=1S/C28H31N5O2S/c1-20-6-4-5-7-23(20)21-10-12-28(13-11-21,26-19-36-31-30-26)27(34)29-22-8-9-25(35-3)24(18-22)33-16-14-32(2)15-17-33/h4-12,18-19H,13-17H2,1-3H3,(H,29,34). The van der Waals surface area contributed by atoms with Crippen molar-refractivity contribution >= 4 is 34.4 Å². The molecule has 1 unspecified atom stereocenters. The van der Waals surface area contributed by atoms with Gasteiger partial charge in [0.15, 0.2) is 0 Å². The van der Waals surface area contributed by atoms with E-state index in [1.807, 2.05) is 47.9 Å². The average molecular weight is 502 g/mol. The zero-order valence-electron chi connectivity index (χ0n) is 20.9. The Morgan fingerprint density at radius 1 is 1.14 bits per heavy atom. The van der Waals surface area contributed by atoms with E-state index in [4.69, 9.17) is 4.74 Å². The van der Waals surface area contributed by atoms with Gasteiger partial charge in [0, 0.05) is 37.2 Å². The second-order valence-electron chi connectivity index (χ2n) is 9.40. The molecule has 8 heteroatoms. The molecule has 2 aromatic carbocycles. The molecule has 0 saturated carbocycles. The fourth-order valence-corrected chi connectivity index (χ4v) is 5.41. The number of amides is 1. The minimum Gasteiger partial charge on any atom is -0.495 e. The first-order valence-electron chi connectivity index (χ1n) is 12.2. The number of allylic oxidation sites excluding steroid dienone is 3. The van der Waals surface area contributed by atoms with Crippen LogP contribution in [0, 0.1) is 6.92 Å². The number of benzene rings is 2. The highest BCUT2D eigenvalue weighted by Crippen LogP contribution is 2.39. The zero-order valence-corrected chi connectivity index (χ0v) is 21.7. The first kappa shape index (κ1) is 24.2. The van der Waals surface area contributed by atoms with Crippen molar-refractivity contribution in [2.24, 2.45) is 0 Å². The number of hydrogen-bond acceptors (Lipinski definition) is 7. The summed E-state index contributed by atoms with van der Waals surface area (Å²) in [4.78, 5) is 18.5. The zero-order chi connectivity index (χ0) is 25.1. The molecule has 5 rings (SSSR count). The number of nitrogens with zero attached hydrogens (tertiary/aromatic N) is 4. The first-order chi connectivity index (χ1) is 17.5. The lowest BCUT2D eigenvalue weighted by atomic mass is 9.75. The SMILES string of the molecule is COc1ccc(NC(=O)C2(c3csnn3)C=CC(c3ccccc3C)=CC2)cc1N1CCN(C)CC1. The molecule has 0 bridgehead atoms. The number of carbonyl (C=O) groups is 1. The quantitative estimate of drug-likeness (QED) is 0.535. The molecule has 1 aliphatic carbocycles. The molecule has 2 heterocycles. The number of aromatic nitrogens is 2. The molecule has 2 aliphatic rings. The second kappa shape index (κ2) is 10.2. The molecule has 1 N–H and O–H groups in total. The lowest BCUT2D eigenvalue weighted by Gasteiger charge is -2.35. The van der Waals surface area contributed by atoms with Gasteiger partial charge >= 0.3 is 0 Å². The lowest BCUT2D eigenvalue weighted by molar-refractivity contribution is -0.120. The molecule has 1 amide bonds. The summed E-state index contributed by atoms with van der Waals surface area (Å²) >= 11 is 1.26. The third-order valence-electron chi connectivity index (χ3n) is 7.15. The molecule has 1 atom stereocenters. The highest BCUT2D eigenvalue weighted by molar-refractivity contribution is 7.03. The minimum absolute atomic E-state index is 0.124. The number of methoxy groups -OCH3 is 1. The van der Waals surface area contributed by atoms with Crippen LogP contribution in [0.3, 0.4) is 0 Å². The fourth-order valence-electron chi connectivity index (χ4n) is 4.87. The molecule has 36 heavy (non-hydrogen) atoms. The predicted molar refractivity (Wildman–Crippen MR) is 146 cm³/mol. The topological polar surface area (TPSA) is 70.6 Å². The van der Waals surface area contributed by atoms with Gasteiger partial charge in [0.1, 0.15) is 11.2 Å². The number of likely N-dealkylation sites (N-methyl/N-ethyl adjacent to an activating group) is 1. The third-order valence-corrected chi connectivity index (χ3v) is 7.66. The lowest BCUT2D eigenvalue weighted by Crippen LogP contribution is -2.44. The van der Waals surface area contributed by atoms with Crippen LogP contribution in [0.4, 0.5) is 11.4 Å². The van der Waals surface area contributed by atoms with Gasteiger partial charge in [-0.25, -0.2) is 0 Å². The summed E-state index contributed by atoms with van der Waals surface area (Å²) in [5.74, 6) is 0.681. The monoisotopic (exact) mass is 501 g/mol. The van der Waals surface area contributed by atoms with E-state index in [1.54, 1.807) is 7.11 Å². The van der Waals surface area contributed by atoms with Crippen molar-refractivity contribution in [2.45, 2.75) is 18.8 Å². The van der Waals surface area contributed by atoms with Gasteiger partial charge < -0.3 is 19.9 Å². The Morgan fingerprint density at radius 3 is 2.61 bits per heavy atom. The number of anilines is 2. The Kier molecular flexibility index (Phi) is 6.89. The fraction of sp³-hybridized carbons (Fsp3) is 0.321. The Labute approximate surface area is 216 Å². The summed E-state index contributed by atoms with van der Waals surface area (Å²) in [6.45, 7) is 5.90. The predicted octanol–water partition coefficient (Wildman–Crippen LogP) is 4.53. The van der Waals surface area contributed by atoms with Gasteiger partial charge in [0.05, 0.1) is 18.5 Å². The van der Waals surface area contributed by atoms with Gasteiger partial charge in [0.25, 0.3) is 0 Å². The van der Waals surface area contributed by atoms with E-state index in [-0.39, 0.29) is 5.91 Å². The van der Waals surface area contributed by atoms with Crippen LogP contribution in [-0.4, -0.2) is 60.7 Å². The van der Waals surface area contributed by atoms with Crippen LogP contribution >= 0.6 is 11.5 Å². The van der Waals surface area contributed by atoms with Crippen LogP contribution in [0.1, 0.15) is 23.2 Å². The van der Waals surface area contributed by atoms with Gasteiger partial charge in [-0.05, 0) is 66.8 Å². The number of rotatable bonds is 6. The highest BCUT2D eigenvalue weighted by atomic mass is 32.1. The van der Waals surface area contributed by atoms with Crippen LogP contribution in [-0.2, 0) is 10.2 Å². The molecule has 1 aromatic heterocycles. The summed E-state index contributed by atoms with van der Waals surface area (Å²) in [5.41, 5.74) is 4.96. The van der Waals surface area contributed by atoms with Gasteiger partial charge in [-0.2, -0.15) is 0 Å². The molecule has 7 nitrogen and oxygen atoms in total. The maximum Gasteiger partial charge on any atom is 0.240 e. The summed E-state index contributed by atoms with van der Waals surface area (Å²) < 4.78 is 9.70. The van der Waals surface area contributed by atoms with E-state index in [2.05, 4.69) is 56.9 Å². The number of hydrogen-bond donors (Lipinski definition) is 1. The number of piperazine rings is 1. The highest BCUT2D eigenvalue weighted by Gasteiger charge is 2.41. The van der Waals surface area contributed by atoms with Gasteiger partial charge in [-0.1, -0.05) is 47.0 Å². The van der Waals surface area contributed by atoms with Gasteiger partial charge in [-0.15, -0.1) is 5.10 Å². The largest absolute Gasteiger partial charge is 0.495 e. The van der Waals surface area contributed by atoms with Crippen molar-refractivity contribution in [1.29, 1.82) is 0 Å². The second-order valence-corrected chi connectivity index (χ2v) is 10.0. The maximum atomic E-state index is 13.9. The summed E-state index contributed by atoms with van der Waals surface area (Å²) in [5, 5.41) is 9.34. The van der Waals surface area contributed by atoms with E-state index < -0.39 is 5.41 Å². The Hall–Kier alpha value is -3.49. The molecular formula is C28H31N5O2S. The molecule has 0 radical (unpaired) electrons. The van der Waals surface area contributed by atoms with Crippen LogP contribution in [0.15, 0.2) is 66.1 Å². The number of nitrogens with one attached hydrogen (secondary N) is 1. The minimum atomic E-state index is -0.923. The van der Waals surface area contributed by atoms with Gasteiger partial charge in [-0.3, -0.25) is 4.79 Å². The molecule has 1 saturated heterocycles. The Balaban J connectivity index is 1.42. The maximum absolute atomic E-state index is 13.9. The Bertz CT molecular complexity index is 1300.